The lowest BCUT2D eigenvalue weighted by atomic mass is 10.1. The molecular formula is C16H12N6O4. The average Bonchev–Trinajstić information content (AvgIpc) is 3.10. The average molecular weight is 352 g/mol. The van der Waals surface area contributed by atoms with Crippen LogP contribution in [0.5, 0.6) is 0 Å². The van der Waals surface area contributed by atoms with E-state index < -0.39 is 24.3 Å². The summed E-state index contributed by atoms with van der Waals surface area (Å²) in [5.41, 5.74) is 0.645. The quantitative estimate of drug-likeness (QED) is 0.636. The molecule has 0 saturated carbocycles. The van der Waals surface area contributed by atoms with Crippen molar-refractivity contribution in [3.8, 4) is 0 Å². The molecule has 2 N–H and O–H groups in total. The summed E-state index contributed by atoms with van der Waals surface area (Å²) in [6.07, 6.45) is 0. The lowest BCUT2D eigenvalue weighted by Gasteiger charge is -2.12. The summed E-state index contributed by atoms with van der Waals surface area (Å²) in [5, 5.41) is 5.02. The summed E-state index contributed by atoms with van der Waals surface area (Å²) in [5.74, 6) is -1.60. The van der Waals surface area contributed by atoms with Crippen molar-refractivity contribution < 1.29 is 14.4 Å². The van der Waals surface area contributed by atoms with E-state index in [1.165, 1.54) is 18.2 Å². The molecule has 4 rings (SSSR count). The van der Waals surface area contributed by atoms with Crippen molar-refractivity contribution in [3.63, 3.8) is 0 Å². The predicted octanol–water partition coefficient (Wildman–Crippen LogP) is -0.0393. The zero-order chi connectivity index (χ0) is 18.4. The Labute approximate surface area is 145 Å². The van der Waals surface area contributed by atoms with Gasteiger partial charge in [0.1, 0.15) is 6.54 Å². The molecule has 1 aromatic carbocycles. The van der Waals surface area contributed by atoms with E-state index in [4.69, 9.17) is 0 Å². The number of hydrogen-bond acceptors (Lipinski definition) is 6. The Balaban J connectivity index is 1.53. The minimum absolute atomic E-state index is 0.0122. The Hall–Kier alpha value is -3.82. The molecule has 130 valence electrons. The second kappa shape index (κ2) is 5.62. The molecule has 3 aromatic rings. The summed E-state index contributed by atoms with van der Waals surface area (Å²) in [4.78, 5) is 57.5. The van der Waals surface area contributed by atoms with E-state index in [9.17, 15) is 19.2 Å². The number of carbonyl (C=O) groups is 3. The Morgan fingerprint density at radius 2 is 1.77 bits per heavy atom. The van der Waals surface area contributed by atoms with E-state index in [0.29, 0.717) is 5.69 Å². The molecule has 2 aromatic heterocycles. The van der Waals surface area contributed by atoms with Gasteiger partial charge in [-0.15, -0.1) is 0 Å². The number of carbonyl (C=O) groups excluding carboxylic acids is 3. The first-order valence-corrected chi connectivity index (χ1v) is 7.65. The summed E-state index contributed by atoms with van der Waals surface area (Å²) in [6.45, 7) is 1.18. The molecule has 1 aliphatic heterocycles. The Bertz CT molecular complexity index is 1110. The van der Waals surface area contributed by atoms with E-state index in [1.807, 2.05) is 0 Å². The molecule has 0 aliphatic carbocycles. The number of anilines is 1. The molecule has 10 nitrogen and oxygen atoms in total. The molecule has 0 atom stereocenters. The van der Waals surface area contributed by atoms with Crippen molar-refractivity contribution in [1.82, 2.24) is 24.5 Å². The van der Waals surface area contributed by atoms with E-state index >= 15 is 0 Å². The number of H-pyrrole nitrogens is 1. The van der Waals surface area contributed by atoms with E-state index in [0.717, 1.165) is 9.42 Å². The van der Waals surface area contributed by atoms with Crippen LogP contribution in [0.3, 0.4) is 0 Å². The lowest BCUT2D eigenvalue weighted by molar-refractivity contribution is -0.116. The van der Waals surface area contributed by atoms with Gasteiger partial charge < -0.3 is 0 Å². The van der Waals surface area contributed by atoms with Crippen LogP contribution < -0.4 is 10.9 Å². The molecule has 3 heterocycles. The molecular weight excluding hydrogens is 340 g/mol. The number of aromatic amines is 1. The van der Waals surface area contributed by atoms with Crippen LogP contribution in [0.1, 0.15) is 26.4 Å². The van der Waals surface area contributed by atoms with Gasteiger partial charge in [0.05, 0.1) is 11.1 Å². The molecule has 0 unspecified atom stereocenters. The minimum Gasteiger partial charge on any atom is -0.293 e. The molecule has 0 saturated heterocycles. The first-order chi connectivity index (χ1) is 12.4. The number of aryl methyl sites for hydroxylation is 1. The normalized spacial score (nSPS) is 13.3. The van der Waals surface area contributed by atoms with Gasteiger partial charge in [-0.25, -0.2) is 4.98 Å². The van der Waals surface area contributed by atoms with Crippen molar-refractivity contribution in [2.24, 2.45) is 0 Å². The standard InChI is InChI=1S/C16H12N6O4/c1-8-6-12(24)22-16(17-8)19-15(20-22)18-11(23)7-21-13(25)9-4-2-3-5-10(9)14(21)26/h2-6H,7H2,1H3,(H2,17,18,19,20,23). The molecule has 26 heavy (non-hydrogen) atoms. The number of benzene rings is 1. The maximum atomic E-state index is 12.3. The van der Waals surface area contributed by atoms with Gasteiger partial charge >= 0.3 is 0 Å². The number of amides is 3. The fraction of sp³-hybridized carbons (Fsp3) is 0.125. The van der Waals surface area contributed by atoms with Crippen molar-refractivity contribution >= 4 is 29.4 Å². The lowest BCUT2D eigenvalue weighted by Crippen LogP contribution is -2.37. The maximum Gasteiger partial charge on any atom is 0.274 e. The summed E-state index contributed by atoms with van der Waals surface area (Å²) in [7, 11) is 0. The van der Waals surface area contributed by atoms with E-state index in [1.54, 1.807) is 19.1 Å². The van der Waals surface area contributed by atoms with Crippen LogP contribution >= 0.6 is 0 Å². The number of fused-ring (bicyclic) bond motifs is 2. The van der Waals surface area contributed by atoms with Crippen molar-refractivity contribution in [3.05, 3.63) is 57.5 Å². The van der Waals surface area contributed by atoms with Gasteiger partial charge in [-0.2, -0.15) is 9.50 Å². The molecule has 0 fully saturated rings. The van der Waals surface area contributed by atoms with Crippen molar-refractivity contribution in [1.29, 1.82) is 0 Å². The van der Waals surface area contributed by atoms with Gasteiger partial charge in [0, 0.05) is 11.8 Å². The number of hydrogen-bond donors (Lipinski definition) is 2. The smallest absolute Gasteiger partial charge is 0.274 e. The molecule has 0 spiro atoms. The van der Waals surface area contributed by atoms with Crippen LogP contribution in [0.25, 0.3) is 5.78 Å². The molecule has 0 radical (unpaired) electrons. The highest BCUT2D eigenvalue weighted by atomic mass is 16.2. The second-order valence-electron chi connectivity index (χ2n) is 5.73. The highest BCUT2D eigenvalue weighted by Gasteiger charge is 2.36. The highest BCUT2D eigenvalue weighted by Crippen LogP contribution is 2.22. The van der Waals surface area contributed by atoms with Gasteiger partial charge in [-0.3, -0.25) is 34.5 Å². The zero-order valence-electron chi connectivity index (χ0n) is 13.5. The summed E-state index contributed by atoms with van der Waals surface area (Å²) < 4.78 is 1.07. The number of nitrogens with zero attached hydrogens (tertiary/aromatic N) is 4. The third kappa shape index (κ3) is 2.44. The van der Waals surface area contributed by atoms with E-state index in [-0.39, 0.29) is 28.4 Å². The Morgan fingerprint density at radius 3 is 2.42 bits per heavy atom. The molecule has 1 aliphatic rings. The molecule has 10 heteroatoms. The van der Waals surface area contributed by atoms with Gasteiger partial charge in [0.15, 0.2) is 0 Å². The third-order valence-corrected chi connectivity index (χ3v) is 3.90. The number of nitrogens with one attached hydrogen (secondary N) is 2. The van der Waals surface area contributed by atoms with Gasteiger partial charge in [0.2, 0.25) is 11.9 Å². The largest absolute Gasteiger partial charge is 0.293 e. The monoisotopic (exact) mass is 352 g/mol. The van der Waals surface area contributed by atoms with E-state index in [2.05, 4.69) is 20.4 Å². The number of imide groups is 1. The van der Waals surface area contributed by atoms with Gasteiger partial charge in [0.25, 0.3) is 23.2 Å². The van der Waals surface area contributed by atoms with Crippen LogP contribution in [-0.4, -0.2) is 48.7 Å². The van der Waals surface area contributed by atoms with Crippen LogP contribution in [0.2, 0.25) is 0 Å². The molecule has 3 amide bonds. The minimum atomic E-state index is -0.636. The van der Waals surface area contributed by atoms with Crippen LogP contribution in [0, 0.1) is 6.92 Å². The van der Waals surface area contributed by atoms with Crippen LogP contribution in [0.15, 0.2) is 35.1 Å². The summed E-state index contributed by atoms with van der Waals surface area (Å²) in [6, 6.07) is 7.68. The topological polar surface area (TPSA) is 130 Å². The predicted molar refractivity (Wildman–Crippen MR) is 88.8 cm³/mol. The van der Waals surface area contributed by atoms with Crippen LogP contribution in [0.4, 0.5) is 5.95 Å². The van der Waals surface area contributed by atoms with Crippen LogP contribution in [-0.2, 0) is 4.79 Å². The van der Waals surface area contributed by atoms with Gasteiger partial charge in [-0.1, -0.05) is 12.1 Å². The van der Waals surface area contributed by atoms with Gasteiger partial charge in [-0.05, 0) is 19.1 Å². The van der Waals surface area contributed by atoms with Crippen molar-refractivity contribution in [2.45, 2.75) is 6.92 Å². The maximum absolute atomic E-state index is 12.3. The second-order valence-corrected chi connectivity index (χ2v) is 5.73. The first-order valence-electron chi connectivity index (χ1n) is 7.65. The number of rotatable bonds is 3. The fourth-order valence-electron chi connectivity index (χ4n) is 2.75. The Morgan fingerprint density at radius 1 is 1.12 bits per heavy atom. The Kier molecular flexibility index (Phi) is 3.39. The molecule has 0 bridgehead atoms. The first kappa shape index (κ1) is 15.7. The fourth-order valence-corrected chi connectivity index (χ4v) is 2.75. The summed E-state index contributed by atoms with van der Waals surface area (Å²) >= 11 is 0. The zero-order valence-corrected chi connectivity index (χ0v) is 13.5. The SMILES string of the molecule is Cc1cc(=O)n2[nH]c(NC(=O)CN3C(=O)c4ccccc4C3=O)nc2n1. The van der Waals surface area contributed by atoms with Crippen molar-refractivity contribution in [2.75, 3.05) is 11.9 Å². The third-order valence-electron chi connectivity index (χ3n) is 3.90. The number of aromatic nitrogens is 4. The highest BCUT2D eigenvalue weighted by molar-refractivity contribution is 6.22.